The van der Waals surface area contributed by atoms with Crippen LogP contribution in [-0.4, -0.2) is 48.2 Å². The van der Waals surface area contributed by atoms with Crippen molar-refractivity contribution in [3.63, 3.8) is 0 Å². The van der Waals surface area contributed by atoms with Gasteiger partial charge in [-0.25, -0.2) is 4.79 Å². The van der Waals surface area contributed by atoms with Crippen LogP contribution in [0.4, 0.5) is 0 Å². The quantitative estimate of drug-likeness (QED) is 0.566. The van der Waals surface area contributed by atoms with Crippen molar-refractivity contribution in [1.82, 2.24) is 10.6 Å². The Balaban J connectivity index is 2.19. The molecule has 1 aliphatic heterocycles. The van der Waals surface area contributed by atoms with Crippen molar-refractivity contribution in [2.24, 2.45) is 5.92 Å². The summed E-state index contributed by atoms with van der Waals surface area (Å²) >= 11 is 0. The molecule has 0 aliphatic carbocycles. The first-order valence-electron chi connectivity index (χ1n) is 6.35. The lowest BCUT2D eigenvalue weighted by atomic mass is 10.2. The molecule has 1 heterocycles. The number of aliphatic carboxylic acids is 1. The molecule has 108 valence electrons. The van der Waals surface area contributed by atoms with Crippen LogP contribution in [0.1, 0.15) is 26.7 Å². The van der Waals surface area contributed by atoms with Gasteiger partial charge in [-0.1, -0.05) is 13.8 Å². The number of carbonyl (C=O) groups is 3. The fourth-order valence-electron chi connectivity index (χ4n) is 1.70. The van der Waals surface area contributed by atoms with Gasteiger partial charge < -0.3 is 20.5 Å². The zero-order valence-corrected chi connectivity index (χ0v) is 11.1. The number of hydrogen-bond acceptors (Lipinski definition) is 4. The minimum absolute atomic E-state index is 0.0719. The lowest BCUT2D eigenvalue weighted by molar-refractivity contribution is -0.151. The highest BCUT2D eigenvalue weighted by atomic mass is 16.5. The molecule has 0 aromatic rings. The number of ether oxygens (including phenoxy) is 1. The summed E-state index contributed by atoms with van der Waals surface area (Å²) in [5, 5.41) is 14.0. The van der Waals surface area contributed by atoms with E-state index in [9.17, 15) is 14.4 Å². The fraction of sp³-hybridized carbons (Fsp3) is 0.750. The molecule has 1 aliphatic rings. The first kappa shape index (κ1) is 15.4. The van der Waals surface area contributed by atoms with Crippen molar-refractivity contribution in [3.8, 4) is 0 Å². The lowest BCUT2D eigenvalue weighted by Crippen LogP contribution is -2.40. The highest BCUT2D eigenvalue weighted by molar-refractivity contribution is 5.82. The van der Waals surface area contributed by atoms with Crippen molar-refractivity contribution in [2.45, 2.75) is 38.9 Å². The summed E-state index contributed by atoms with van der Waals surface area (Å²) in [6.45, 7) is 4.21. The minimum atomic E-state index is -1.04. The van der Waals surface area contributed by atoms with Gasteiger partial charge in [-0.05, 0) is 12.8 Å². The summed E-state index contributed by atoms with van der Waals surface area (Å²) in [5.41, 5.74) is 0. The number of carboxylic acids is 1. The van der Waals surface area contributed by atoms with E-state index in [1.807, 2.05) is 0 Å². The zero-order chi connectivity index (χ0) is 14.4. The molecule has 0 aromatic heterocycles. The summed E-state index contributed by atoms with van der Waals surface area (Å²) in [4.78, 5) is 33.6. The standard InChI is InChI=1S/C12H20N2O5/c1-7(2)10(15)13-5-6-14-11(16)8-3-4-9(19-8)12(17)18/h7-9H,3-6H2,1-2H3,(H,13,15)(H,14,16)(H,17,18)/t8-,9+/m0/s1. The third kappa shape index (κ3) is 4.86. The average Bonchev–Trinajstić information content (AvgIpc) is 2.83. The second-order valence-corrected chi connectivity index (χ2v) is 4.77. The van der Waals surface area contributed by atoms with Gasteiger partial charge in [0.1, 0.15) is 6.10 Å². The highest BCUT2D eigenvalue weighted by Gasteiger charge is 2.34. The fourth-order valence-corrected chi connectivity index (χ4v) is 1.70. The van der Waals surface area contributed by atoms with Crippen LogP contribution in [0.15, 0.2) is 0 Å². The largest absolute Gasteiger partial charge is 0.479 e. The van der Waals surface area contributed by atoms with Crippen LogP contribution >= 0.6 is 0 Å². The molecule has 0 radical (unpaired) electrons. The molecule has 0 aromatic carbocycles. The monoisotopic (exact) mass is 272 g/mol. The SMILES string of the molecule is CC(C)C(=O)NCCNC(=O)[C@@H]1CC[C@H](C(=O)O)O1. The van der Waals surface area contributed by atoms with Crippen molar-refractivity contribution >= 4 is 17.8 Å². The van der Waals surface area contributed by atoms with E-state index < -0.39 is 18.2 Å². The van der Waals surface area contributed by atoms with E-state index in [0.29, 0.717) is 25.9 Å². The molecule has 1 rings (SSSR count). The van der Waals surface area contributed by atoms with E-state index >= 15 is 0 Å². The number of rotatable bonds is 6. The second kappa shape index (κ2) is 7.08. The number of nitrogens with one attached hydrogen (secondary N) is 2. The van der Waals surface area contributed by atoms with E-state index in [2.05, 4.69) is 10.6 Å². The van der Waals surface area contributed by atoms with E-state index in [1.54, 1.807) is 13.8 Å². The Morgan fingerprint density at radius 2 is 1.74 bits per heavy atom. The topological polar surface area (TPSA) is 105 Å². The van der Waals surface area contributed by atoms with Crippen molar-refractivity contribution < 1.29 is 24.2 Å². The molecular weight excluding hydrogens is 252 g/mol. The van der Waals surface area contributed by atoms with Crippen molar-refractivity contribution in [1.29, 1.82) is 0 Å². The van der Waals surface area contributed by atoms with E-state index in [-0.39, 0.29) is 17.7 Å². The van der Waals surface area contributed by atoms with Gasteiger partial charge >= 0.3 is 5.97 Å². The van der Waals surface area contributed by atoms with Gasteiger partial charge in [0.2, 0.25) is 11.8 Å². The van der Waals surface area contributed by atoms with E-state index in [0.717, 1.165) is 0 Å². The maximum Gasteiger partial charge on any atom is 0.332 e. The average molecular weight is 272 g/mol. The Morgan fingerprint density at radius 1 is 1.16 bits per heavy atom. The van der Waals surface area contributed by atoms with Crippen LogP contribution in [0.25, 0.3) is 0 Å². The van der Waals surface area contributed by atoms with Crippen LogP contribution in [0, 0.1) is 5.92 Å². The molecular formula is C12H20N2O5. The molecule has 7 nitrogen and oxygen atoms in total. The van der Waals surface area contributed by atoms with Gasteiger partial charge in [0.25, 0.3) is 0 Å². The molecule has 2 amide bonds. The van der Waals surface area contributed by atoms with Gasteiger partial charge in [-0.2, -0.15) is 0 Å². The van der Waals surface area contributed by atoms with Gasteiger partial charge in [0.15, 0.2) is 6.10 Å². The lowest BCUT2D eigenvalue weighted by Gasteiger charge is -2.12. The van der Waals surface area contributed by atoms with Crippen LogP contribution in [0.2, 0.25) is 0 Å². The second-order valence-electron chi connectivity index (χ2n) is 4.77. The predicted octanol–water partition coefficient (Wildman–Crippen LogP) is -0.493. The molecule has 0 spiro atoms. The Hall–Kier alpha value is -1.63. The minimum Gasteiger partial charge on any atom is -0.479 e. The molecule has 7 heteroatoms. The maximum absolute atomic E-state index is 11.7. The summed E-state index contributed by atoms with van der Waals surface area (Å²) in [6, 6.07) is 0. The third-order valence-electron chi connectivity index (χ3n) is 2.84. The van der Waals surface area contributed by atoms with Crippen LogP contribution in [0.5, 0.6) is 0 Å². The Labute approximate surface area is 111 Å². The van der Waals surface area contributed by atoms with Gasteiger partial charge in [-0.15, -0.1) is 0 Å². The van der Waals surface area contributed by atoms with E-state index in [4.69, 9.17) is 9.84 Å². The Morgan fingerprint density at radius 3 is 2.26 bits per heavy atom. The van der Waals surface area contributed by atoms with Gasteiger partial charge in [0.05, 0.1) is 0 Å². The van der Waals surface area contributed by atoms with Gasteiger partial charge in [0, 0.05) is 19.0 Å². The zero-order valence-electron chi connectivity index (χ0n) is 11.1. The normalized spacial score (nSPS) is 22.3. The van der Waals surface area contributed by atoms with Crippen LogP contribution < -0.4 is 10.6 Å². The molecule has 3 N–H and O–H groups in total. The molecule has 2 atom stereocenters. The highest BCUT2D eigenvalue weighted by Crippen LogP contribution is 2.19. The summed E-state index contributed by atoms with van der Waals surface area (Å²) < 4.78 is 5.10. The maximum atomic E-state index is 11.7. The first-order valence-corrected chi connectivity index (χ1v) is 6.35. The predicted molar refractivity (Wildman–Crippen MR) is 66.4 cm³/mol. The molecule has 0 saturated carbocycles. The number of carbonyl (C=O) groups excluding carboxylic acids is 2. The summed E-state index contributed by atoms with van der Waals surface area (Å²) in [5.74, 6) is -1.54. The van der Waals surface area contributed by atoms with Crippen LogP contribution in [0.3, 0.4) is 0 Å². The van der Waals surface area contributed by atoms with Crippen molar-refractivity contribution in [2.75, 3.05) is 13.1 Å². The summed E-state index contributed by atoms with van der Waals surface area (Å²) in [7, 11) is 0. The van der Waals surface area contributed by atoms with Crippen molar-refractivity contribution in [3.05, 3.63) is 0 Å². The number of amides is 2. The molecule has 1 saturated heterocycles. The summed E-state index contributed by atoms with van der Waals surface area (Å²) in [6.07, 6.45) is -0.850. The molecule has 19 heavy (non-hydrogen) atoms. The Kier molecular flexibility index (Phi) is 5.75. The molecule has 0 bridgehead atoms. The third-order valence-corrected chi connectivity index (χ3v) is 2.84. The number of hydrogen-bond donors (Lipinski definition) is 3. The first-order chi connectivity index (χ1) is 8.91. The van der Waals surface area contributed by atoms with Crippen LogP contribution in [-0.2, 0) is 19.1 Å². The molecule has 0 unspecified atom stereocenters. The van der Waals surface area contributed by atoms with Gasteiger partial charge in [-0.3, -0.25) is 9.59 Å². The Bertz CT molecular complexity index is 356. The molecule has 1 fully saturated rings. The smallest absolute Gasteiger partial charge is 0.332 e. The van der Waals surface area contributed by atoms with E-state index in [1.165, 1.54) is 0 Å². The number of carboxylic acid groups (broad SMARTS) is 1.